The van der Waals surface area contributed by atoms with Gasteiger partial charge in [-0.3, -0.25) is 4.79 Å². The Morgan fingerprint density at radius 2 is 2.08 bits per heavy atom. The summed E-state index contributed by atoms with van der Waals surface area (Å²) in [5.41, 5.74) is 9.81. The van der Waals surface area contributed by atoms with Gasteiger partial charge in [-0.15, -0.1) is 11.3 Å². The number of ketones is 1. The predicted octanol–water partition coefficient (Wildman–Crippen LogP) is 3.92. The zero-order chi connectivity index (χ0) is 18.4. The van der Waals surface area contributed by atoms with Crippen molar-refractivity contribution in [1.29, 1.82) is 0 Å². The summed E-state index contributed by atoms with van der Waals surface area (Å²) in [4.78, 5) is 28.4. The van der Waals surface area contributed by atoms with E-state index in [4.69, 9.17) is 21.9 Å². The number of ether oxygens (including phenoxy) is 1. The number of anilines is 1. The number of thiophene rings is 1. The quantitative estimate of drug-likeness (QED) is 0.198. The van der Waals surface area contributed by atoms with Crippen LogP contribution in [0.2, 0.25) is 5.02 Å². The Balaban J connectivity index is 2.47. The van der Waals surface area contributed by atoms with Gasteiger partial charge in [-0.25, -0.2) is 4.79 Å². The normalized spacial score (nSPS) is 10.0. The molecule has 0 saturated heterocycles. The minimum atomic E-state index is -0.963. The average molecular weight is 378 g/mol. The molecular weight excluding hydrogens is 362 g/mol. The van der Waals surface area contributed by atoms with Crippen molar-refractivity contribution in [3.63, 3.8) is 0 Å². The van der Waals surface area contributed by atoms with Crippen LogP contribution in [0.25, 0.3) is 16.0 Å². The largest absolute Gasteiger partial charge is 0.457 e. The lowest BCUT2D eigenvalue weighted by Crippen LogP contribution is -2.27. The summed E-state index contributed by atoms with van der Waals surface area (Å²) in [6.07, 6.45) is 0. The van der Waals surface area contributed by atoms with E-state index in [0.717, 1.165) is 10.4 Å². The third-order valence-electron chi connectivity index (χ3n) is 3.20. The molecule has 2 aromatic rings. The molecule has 6 nitrogen and oxygen atoms in total. The van der Waals surface area contributed by atoms with Gasteiger partial charge in [0.15, 0.2) is 0 Å². The Bertz CT molecular complexity index is 857. The Morgan fingerprint density at radius 1 is 1.32 bits per heavy atom. The van der Waals surface area contributed by atoms with E-state index in [1.54, 1.807) is 25.1 Å². The maximum Gasteiger partial charge on any atom is 0.447 e. The molecule has 130 valence electrons. The van der Waals surface area contributed by atoms with Crippen molar-refractivity contribution in [2.24, 2.45) is 0 Å². The van der Waals surface area contributed by atoms with Gasteiger partial charge in [-0.1, -0.05) is 23.7 Å². The van der Waals surface area contributed by atoms with Crippen LogP contribution in [0.15, 0.2) is 30.3 Å². The van der Waals surface area contributed by atoms with Gasteiger partial charge in [0.2, 0.25) is 0 Å². The summed E-state index contributed by atoms with van der Waals surface area (Å²) in [6, 6.07) is 9.02. The molecule has 0 spiro atoms. The number of carbonyl (C=O) groups excluding carboxylic acids is 2. The second-order valence-corrected chi connectivity index (χ2v) is 6.38. The van der Waals surface area contributed by atoms with Crippen LogP contribution in [0.1, 0.15) is 23.5 Å². The van der Waals surface area contributed by atoms with Gasteiger partial charge in [0, 0.05) is 16.4 Å². The van der Waals surface area contributed by atoms with Crippen LogP contribution in [0.5, 0.6) is 0 Å². The third kappa shape index (κ3) is 4.33. The van der Waals surface area contributed by atoms with E-state index >= 15 is 0 Å². The van der Waals surface area contributed by atoms with Gasteiger partial charge in [-0.2, -0.15) is 4.79 Å². The zero-order valence-electron chi connectivity index (χ0n) is 13.7. The molecule has 0 radical (unpaired) electrons. The molecule has 0 unspecified atom stereocenters. The number of hydrogen-bond acceptors (Lipinski definition) is 5. The van der Waals surface area contributed by atoms with Crippen molar-refractivity contribution in [1.82, 2.24) is 0 Å². The van der Waals surface area contributed by atoms with Crippen LogP contribution in [0.4, 0.5) is 5.69 Å². The van der Waals surface area contributed by atoms with Crippen LogP contribution < -0.4 is 5.32 Å². The van der Waals surface area contributed by atoms with Crippen LogP contribution in [-0.2, 0) is 9.53 Å². The van der Waals surface area contributed by atoms with Crippen molar-refractivity contribution in [2.45, 2.75) is 13.8 Å². The lowest BCUT2D eigenvalue weighted by molar-refractivity contribution is -0.139. The first-order chi connectivity index (χ1) is 12.0. The Kier molecular flexibility index (Phi) is 6.47. The number of benzene rings is 1. The molecule has 0 fully saturated rings. The summed E-state index contributed by atoms with van der Waals surface area (Å²) < 4.78 is 4.76. The van der Waals surface area contributed by atoms with Crippen molar-refractivity contribution in [3.05, 3.63) is 45.8 Å². The second-order valence-electron chi connectivity index (χ2n) is 4.89. The highest BCUT2D eigenvalue weighted by atomic mass is 35.5. The van der Waals surface area contributed by atoms with Crippen molar-refractivity contribution >= 4 is 46.1 Å². The summed E-state index contributed by atoms with van der Waals surface area (Å²) in [5, 5.41) is 3.66. The molecule has 0 atom stereocenters. The number of esters is 1. The number of carbonyl (C=O) groups is 2. The molecule has 1 aromatic carbocycles. The third-order valence-corrected chi connectivity index (χ3v) is 4.62. The monoisotopic (exact) mass is 377 g/mol. The van der Waals surface area contributed by atoms with E-state index in [1.807, 2.05) is 19.1 Å². The van der Waals surface area contributed by atoms with E-state index < -0.39 is 17.5 Å². The van der Waals surface area contributed by atoms with Gasteiger partial charge in [0.25, 0.3) is 5.78 Å². The number of nitrogens with zero attached hydrogens (tertiary/aromatic N) is 2. The van der Waals surface area contributed by atoms with Crippen molar-refractivity contribution in [2.75, 3.05) is 18.5 Å². The van der Waals surface area contributed by atoms with Gasteiger partial charge in [-0.05, 0) is 37.6 Å². The Labute approximate surface area is 154 Å². The van der Waals surface area contributed by atoms with Gasteiger partial charge >= 0.3 is 11.7 Å². The van der Waals surface area contributed by atoms with E-state index in [1.165, 1.54) is 11.3 Å². The topological polar surface area (TPSA) is 91.8 Å². The molecule has 1 N–H and O–H groups in total. The smallest absolute Gasteiger partial charge is 0.447 e. The number of nitrogens with one attached hydrogen (secondary N) is 1. The summed E-state index contributed by atoms with van der Waals surface area (Å²) in [5.74, 6) is -1.66. The molecule has 2 rings (SSSR count). The van der Waals surface area contributed by atoms with Crippen molar-refractivity contribution < 1.29 is 19.1 Å². The average Bonchev–Trinajstić information content (AvgIpc) is 3.00. The molecule has 0 aliphatic carbocycles. The van der Waals surface area contributed by atoms with Crippen LogP contribution >= 0.6 is 22.9 Å². The number of halogens is 1. The number of rotatable bonds is 7. The minimum Gasteiger partial charge on any atom is -0.457 e. The number of hydrogen-bond donors (Lipinski definition) is 1. The summed E-state index contributed by atoms with van der Waals surface area (Å²) in [7, 11) is 0. The second kappa shape index (κ2) is 8.58. The highest BCUT2D eigenvalue weighted by Gasteiger charge is 2.35. The molecule has 0 bridgehead atoms. The number of Topliss-reactive ketones (excluding diaryl/α,β-unsaturated/α-hetero) is 1. The first kappa shape index (κ1) is 18.9. The maximum atomic E-state index is 12.7. The first-order valence-corrected chi connectivity index (χ1v) is 8.78. The van der Waals surface area contributed by atoms with Crippen LogP contribution in [0, 0.1) is 0 Å². The molecule has 8 heteroatoms. The van der Waals surface area contributed by atoms with Crippen LogP contribution in [-0.4, -0.2) is 35.4 Å². The molecule has 0 saturated carbocycles. The van der Waals surface area contributed by atoms with E-state index in [9.17, 15) is 9.59 Å². The Hall–Kier alpha value is -2.47. The molecule has 0 amide bonds. The summed E-state index contributed by atoms with van der Waals surface area (Å²) >= 11 is 7.20. The molecule has 0 aliphatic rings. The molecule has 1 aromatic heterocycles. The fraction of sp³-hybridized carbons (Fsp3) is 0.235. The fourth-order valence-corrected chi connectivity index (χ4v) is 3.41. The zero-order valence-corrected chi connectivity index (χ0v) is 15.3. The maximum absolute atomic E-state index is 12.7. The minimum absolute atomic E-state index is 0.0728. The molecule has 0 aliphatic heterocycles. The molecular formula is C17H16ClN3O3S. The van der Waals surface area contributed by atoms with Gasteiger partial charge in [0.1, 0.15) is 4.88 Å². The molecule has 25 heavy (non-hydrogen) atoms. The lowest BCUT2D eigenvalue weighted by Gasteiger charge is -2.01. The van der Waals surface area contributed by atoms with E-state index in [2.05, 4.69) is 10.1 Å². The standard InChI is InChI=1S/C17H16ClN3O3S/c1-3-20-12-9-13(10-6-5-7-11(18)8-10)25-16(12)15(22)14(21-19)17(23)24-4-2/h5-9,20H,3-4H2,1-2H3. The first-order valence-electron chi connectivity index (χ1n) is 7.59. The van der Waals surface area contributed by atoms with Gasteiger partial charge in [0.05, 0.1) is 12.3 Å². The predicted molar refractivity (Wildman–Crippen MR) is 98.5 cm³/mol. The Morgan fingerprint density at radius 3 is 2.68 bits per heavy atom. The highest BCUT2D eigenvalue weighted by Crippen LogP contribution is 2.36. The molecule has 1 heterocycles. The summed E-state index contributed by atoms with van der Waals surface area (Å²) in [6.45, 7) is 4.14. The van der Waals surface area contributed by atoms with Crippen LogP contribution in [0.3, 0.4) is 0 Å². The highest BCUT2D eigenvalue weighted by molar-refractivity contribution is 7.19. The van der Waals surface area contributed by atoms with Crippen molar-refractivity contribution in [3.8, 4) is 10.4 Å². The van der Waals surface area contributed by atoms with Gasteiger partial charge < -0.3 is 15.6 Å². The SMILES string of the molecule is CCNc1cc(-c2cccc(Cl)c2)sc1C(=O)C(=[N+]=[N-])C(=O)OCC. The van der Waals surface area contributed by atoms with E-state index in [0.29, 0.717) is 17.3 Å². The van der Waals surface area contributed by atoms with E-state index in [-0.39, 0.29) is 11.5 Å². The lowest BCUT2D eigenvalue weighted by atomic mass is 10.1. The fourth-order valence-electron chi connectivity index (χ4n) is 2.15.